The standard InChI is InChI=1S/C49H67N11O7S/c1-10-58-39-18-17-31-22-34(39)35(44(58)33-15-11-19-50-42(33)30(4)66-9)24-49(5,6)28-67-60(65)40-16-13-21-59(54-40)47(63)36(23-41-52-38(31)27-68-41)53-45(61)43(29(2)3)56(8)48(64)57-20-12-14-32(26-57)55(7)46(62)37-25-51-37/h11,15,17-19,22,27,29-30,32,36-37,40,43,51,54H,10,12-14,16,20-21,23-26,28H2,1-9H3/p+1/t30-,32-,36-,37+,40+,43-/m0/s1. The van der Waals surface area contributed by atoms with Crippen LogP contribution in [0.1, 0.15) is 89.6 Å². The third-order valence-corrected chi connectivity index (χ3v) is 14.8. The number of amides is 5. The van der Waals surface area contributed by atoms with E-state index in [0.29, 0.717) is 61.9 Å². The fourth-order valence-corrected chi connectivity index (χ4v) is 11.0. The molecule has 18 nitrogen and oxygen atoms in total. The lowest BCUT2D eigenvalue weighted by Gasteiger charge is -2.41. The minimum atomic E-state index is -1.09. The Bertz CT molecular complexity index is 2540. The number of nitrogens with one attached hydrogen (secondary N) is 3. The highest BCUT2D eigenvalue weighted by molar-refractivity contribution is 7.10. The van der Waals surface area contributed by atoms with Gasteiger partial charge in [0.1, 0.15) is 12.1 Å². The fraction of sp³-hybridized carbons (Fsp3) is 0.592. The lowest BCUT2D eigenvalue weighted by molar-refractivity contribution is -0.835. The van der Waals surface area contributed by atoms with Gasteiger partial charge in [0.25, 0.3) is 5.91 Å². The zero-order valence-corrected chi connectivity index (χ0v) is 41.7. The molecule has 1 aromatic carbocycles. The molecule has 3 fully saturated rings. The number of carbonyl (C=O) groups is 4. The first kappa shape index (κ1) is 48.9. The number of ether oxygens (including phenoxy) is 1. The molecule has 7 heterocycles. The molecule has 19 heteroatoms. The molecular formula is C49H68N11O7S+. The van der Waals surface area contributed by atoms with Crippen LogP contribution in [0.25, 0.3) is 33.4 Å². The lowest BCUT2D eigenvalue weighted by atomic mass is 9.84. The van der Waals surface area contributed by atoms with Gasteiger partial charge >= 0.3 is 12.2 Å². The number of aryl methyl sites for hydroxylation is 1. The summed E-state index contributed by atoms with van der Waals surface area (Å²) in [5, 5.41) is 11.2. The van der Waals surface area contributed by atoms with Crippen LogP contribution in [0.15, 0.2) is 41.9 Å². The number of nitrogens with zero attached hydrogens (tertiary/aromatic N) is 8. The molecule has 3 N–H and O–H groups in total. The van der Waals surface area contributed by atoms with Crippen LogP contribution < -0.4 is 16.1 Å². The predicted molar refractivity (Wildman–Crippen MR) is 259 cm³/mol. The lowest BCUT2D eigenvalue weighted by Crippen LogP contribution is -2.63. The Balaban J connectivity index is 1.13. The maximum absolute atomic E-state index is 14.7. The van der Waals surface area contributed by atoms with Crippen LogP contribution >= 0.6 is 11.3 Å². The monoisotopic (exact) mass is 955 g/mol. The Kier molecular flexibility index (Phi) is 14.6. The number of piperidine rings is 1. The Morgan fingerprint density at radius 1 is 1.12 bits per heavy atom. The van der Waals surface area contributed by atoms with Gasteiger partial charge in [0, 0.05) is 112 Å². The predicted octanol–water partition coefficient (Wildman–Crippen LogP) is 5.30. The zero-order valence-electron chi connectivity index (χ0n) is 40.9. The highest BCUT2D eigenvalue weighted by Crippen LogP contribution is 2.42. The summed E-state index contributed by atoms with van der Waals surface area (Å²) in [6, 6.07) is 7.76. The first-order chi connectivity index (χ1) is 32.5. The van der Waals surface area contributed by atoms with Gasteiger partial charge in [-0.15, -0.1) is 11.3 Å². The third-order valence-electron chi connectivity index (χ3n) is 14.0. The van der Waals surface area contributed by atoms with Gasteiger partial charge in [0.05, 0.1) is 39.1 Å². The molecule has 4 aliphatic heterocycles. The number of benzene rings is 1. The number of hydrazine groups is 1. The van der Waals surface area contributed by atoms with Crippen LogP contribution in [0, 0.1) is 16.2 Å². The minimum Gasteiger partial charge on any atom is -0.375 e. The van der Waals surface area contributed by atoms with Crippen molar-refractivity contribution in [3.8, 4) is 22.5 Å². The van der Waals surface area contributed by atoms with Crippen molar-refractivity contribution in [1.82, 2.24) is 50.3 Å². The van der Waals surface area contributed by atoms with Crippen molar-refractivity contribution >= 4 is 46.0 Å². The number of likely N-dealkylation sites (N-methyl/N-ethyl adjacent to an activating group) is 2. The van der Waals surface area contributed by atoms with E-state index < -0.39 is 35.5 Å². The molecule has 366 valence electrons. The van der Waals surface area contributed by atoms with E-state index in [1.54, 1.807) is 37.2 Å². The normalized spacial score (nSPS) is 22.9. The van der Waals surface area contributed by atoms with Crippen LogP contribution in [0.2, 0.25) is 0 Å². The second-order valence-electron chi connectivity index (χ2n) is 19.9. The molecule has 6 atom stereocenters. The molecule has 0 aliphatic carbocycles. The number of rotatable bonds is 10. The van der Waals surface area contributed by atoms with E-state index in [0.717, 1.165) is 57.5 Å². The fourth-order valence-electron chi connectivity index (χ4n) is 10.1. The Morgan fingerprint density at radius 2 is 1.88 bits per heavy atom. The molecule has 4 aromatic rings. The number of carbonyl (C=O) groups excluding carboxylic acids is 4. The first-order valence-corrected chi connectivity index (χ1v) is 24.9. The summed E-state index contributed by atoms with van der Waals surface area (Å²) < 4.78 is 8.13. The summed E-state index contributed by atoms with van der Waals surface area (Å²) in [5.74, 6) is -1.21. The molecule has 6 bridgehead atoms. The quantitative estimate of drug-likeness (QED) is 0.175. The topological polar surface area (TPSA) is 196 Å². The molecule has 0 spiro atoms. The highest BCUT2D eigenvalue weighted by atomic mass is 32.1. The number of urea groups is 1. The number of methoxy groups -OCH3 is 1. The van der Waals surface area contributed by atoms with Crippen molar-refractivity contribution in [3.63, 3.8) is 0 Å². The van der Waals surface area contributed by atoms with E-state index in [9.17, 15) is 24.1 Å². The van der Waals surface area contributed by atoms with E-state index in [2.05, 4.69) is 65.7 Å². The molecule has 8 rings (SSSR count). The minimum absolute atomic E-state index is 0.0207. The van der Waals surface area contributed by atoms with E-state index >= 15 is 0 Å². The number of fused-ring (bicyclic) bond motifs is 6. The number of hydrogen-bond acceptors (Lipinski definition) is 12. The summed E-state index contributed by atoms with van der Waals surface area (Å²) >= 11 is 1.41. The van der Waals surface area contributed by atoms with Crippen molar-refractivity contribution in [1.29, 1.82) is 0 Å². The molecule has 68 heavy (non-hydrogen) atoms. The van der Waals surface area contributed by atoms with E-state index in [1.807, 2.05) is 32.2 Å². The van der Waals surface area contributed by atoms with Gasteiger partial charge in [-0.3, -0.25) is 24.4 Å². The zero-order chi connectivity index (χ0) is 48.6. The van der Waals surface area contributed by atoms with Crippen molar-refractivity contribution in [2.75, 3.05) is 54.0 Å². The number of aromatic nitrogens is 3. The van der Waals surface area contributed by atoms with Gasteiger partial charge in [-0.2, -0.15) is 5.43 Å². The average molecular weight is 955 g/mol. The molecule has 3 saturated heterocycles. The molecule has 3 aromatic heterocycles. The number of likely N-dealkylation sites (tertiary alicyclic amines) is 1. The summed E-state index contributed by atoms with van der Waals surface area (Å²) in [6.45, 7) is 14.6. The summed E-state index contributed by atoms with van der Waals surface area (Å²) in [4.78, 5) is 91.6. The molecule has 0 radical (unpaired) electrons. The summed E-state index contributed by atoms with van der Waals surface area (Å²) in [7, 11) is 5.09. The van der Waals surface area contributed by atoms with Crippen molar-refractivity contribution < 1.29 is 33.7 Å². The van der Waals surface area contributed by atoms with E-state index in [-0.39, 0.29) is 49.1 Å². The van der Waals surface area contributed by atoms with Gasteiger partial charge < -0.3 is 34.6 Å². The summed E-state index contributed by atoms with van der Waals surface area (Å²) in [6.07, 6.45) is 3.75. The molecule has 0 unspecified atom stereocenters. The SMILES string of the molecule is CCn1c(-c2cccnc2[C@H](C)OC)c2c3cc(ccc31)-c1csc(n1)C[C@H](NC(=O)[C@H](C(C)C)N(C)C(=O)N1CCC[C@H](N(C)C(=O)[C@H]3CN3)C1)C(=O)N1CCC[C@H](N1)[N+](=O)OCC(C)(C)C2. The first-order valence-electron chi connectivity index (χ1n) is 24.1. The van der Waals surface area contributed by atoms with Gasteiger partial charge in [0.2, 0.25) is 16.7 Å². The van der Waals surface area contributed by atoms with Crippen LogP contribution in [-0.2, 0) is 43.3 Å². The smallest absolute Gasteiger partial charge is 0.326 e. The third kappa shape index (κ3) is 10.1. The Morgan fingerprint density at radius 3 is 2.60 bits per heavy atom. The molecule has 0 saturated carbocycles. The second-order valence-corrected chi connectivity index (χ2v) is 20.9. The van der Waals surface area contributed by atoms with E-state index in [1.165, 1.54) is 21.2 Å². The van der Waals surface area contributed by atoms with Crippen LogP contribution in [0.3, 0.4) is 0 Å². The number of thiazole rings is 1. The van der Waals surface area contributed by atoms with E-state index in [4.69, 9.17) is 19.5 Å². The number of hydrogen-bond donors (Lipinski definition) is 3. The van der Waals surface area contributed by atoms with Crippen molar-refractivity contribution in [3.05, 3.63) is 63.1 Å². The van der Waals surface area contributed by atoms with Crippen molar-refractivity contribution in [2.45, 2.75) is 123 Å². The van der Waals surface area contributed by atoms with Gasteiger partial charge in [0.15, 0.2) is 6.61 Å². The van der Waals surface area contributed by atoms with Gasteiger partial charge in [-0.05, 0) is 75.3 Å². The Hall–Kier alpha value is -5.50. The average Bonchev–Trinajstić information content (AvgIpc) is 4.02. The molecule has 5 amide bonds. The molecule has 4 aliphatic rings. The largest absolute Gasteiger partial charge is 0.375 e. The van der Waals surface area contributed by atoms with Crippen LogP contribution in [-0.4, -0.2) is 147 Å². The number of pyridine rings is 1. The maximum atomic E-state index is 14.7. The van der Waals surface area contributed by atoms with Crippen molar-refractivity contribution in [2.24, 2.45) is 11.3 Å². The Labute approximate surface area is 402 Å². The second kappa shape index (κ2) is 20.2. The summed E-state index contributed by atoms with van der Waals surface area (Å²) in [5.41, 5.74) is 9.19. The van der Waals surface area contributed by atoms with Crippen LogP contribution in [0.4, 0.5) is 4.79 Å². The van der Waals surface area contributed by atoms with Gasteiger partial charge in [-0.25, -0.2) is 14.6 Å². The highest BCUT2D eigenvalue weighted by Gasteiger charge is 2.42. The maximum Gasteiger partial charge on any atom is 0.326 e. The molecular weight excluding hydrogens is 887 g/mol. The van der Waals surface area contributed by atoms with Crippen LogP contribution in [0.5, 0.6) is 0 Å². The van der Waals surface area contributed by atoms with Gasteiger partial charge in [-0.1, -0.05) is 33.8 Å².